The average molecular weight is 264 g/mol. The normalized spacial score (nSPS) is 10.5. The summed E-state index contributed by atoms with van der Waals surface area (Å²) in [6.45, 7) is 1.03. The molecular formula is C12H16N4OS. The number of aromatic nitrogens is 2. The van der Waals surface area contributed by atoms with E-state index < -0.39 is 0 Å². The molecule has 0 unspecified atom stereocenters. The van der Waals surface area contributed by atoms with Crippen molar-refractivity contribution in [2.24, 2.45) is 0 Å². The van der Waals surface area contributed by atoms with E-state index in [1.165, 1.54) is 11.5 Å². The zero-order valence-electron chi connectivity index (χ0n) is 9.97. The van der Waals surface area contributed by atoms with Gasteiger partial charge in [-0.05, 0) is 30.4 Å². The van der Waals surface area contributed by atoms with Crippen LogP contribution >= 0.6 is 11.5 Å². The van der Waals surface area contributed by atoms with Crippen molar-refractivity contribution in [1.29, 1.82) is 0 Å². The van der Waals surface area contributed by atoms with E-state index in [2.05, 4.69) is 14.7 Å². The van der Waals surface area contributed by atoms with Crippen molar-refractivity contribution in [3.63, 3.8) is 0 Å². The Morgan fingerprint density at radius 3 is 3.00 bits per heavy atom. The molecule has 2 heterocycles. The Labute approximate surface area is 110 Å². The lowest BCUT2D eigenvalue weighted by Crippen LogP contribution is -2.02. The minimum absolute atomic E-state index is 0.224. The SMILES string of the molecule is Nc1nsc(NCCCCO)c1-c1cccnc1. The monoisotopic (exact) mass is 264 g/mol. The Balaban J connectivity index is 2.12. The van der Waals surface area contributed by atoms with E-state index in [0.717, 1.165) is 35.5 Å². The molecule has 0 saturated heterocycles. The molecule has 0 fully saturated rings. The van der Waals surface area contributed by atoms with Gasteiger partial charge in [0.2, 0.25) is 0 Å². The number of unbranched alkanes of at least 4 members (excludes halogenated alkanes) is 1. The average Bonchev–Trinajstić information content (AvgIpc) is 2.77. The standard InChI is InChI=1S/C12H16N4OS/c13-11-10(9-4-3-5-14-8-9)12(18-16-11)15-6-1-2-7-17/h3-5,8,15,17H,1-2,6-7H2,(H2,13,16). The summed E-state index contributed by atoms with van der Waals surface area (Å²) >= 11 is 1.35. The van der Waals surface area contributed by atoms with Crippen LogP contribution in [0.2, 0.25) is 0 Å². The second-order valence-corrected chi connectivity index (χ2v) is 4.64. The fourth-order valence-electron chi connectivity index (χ4n) is 1.65. The van der Waals surface area contributed by atoms with Gasteiger partial charge in [-0.15, -0.1) is 0 Å². The molecule has 2 rings (SSSR count). The number of aliphatic hydroxyl groups is 1. The zero-order valence-corrected chi connectivity index (χ0v) is 10.8. The van der Waals surface area contributed by atoms with Gasteiger partial charge in [-0.1, -0.05) is 6.07 Å². The van der Waals surface area contributed by atoms with Crippen LogP contribution in [0.3, 0.4) is 0 Å². The van der Waals surface area contributed by atoms with E-state index in [9.17, 15) is 0 Å². The molecule has 0 aliphatic carbocycles. The maximum Gasteiger partial charge on any atom is 0.147 e. The van der Waals surface area contributed by atoms with Crippen LogP contribution in [0.1, 0.15) is 12.8 Å². The molecule has 0 spiro atoms. The van der Waals surface area contributed by atoms with Crippen molar-refractivity contribution < 1.29 is 5.11 Å². The highest BCUT2D eigenvalue weighted by atomic mass is 32.1. The maximum atomic E-state index is 8.73. The van der Waals surface area contributed by atoms with Crippen LogP contribution in [0.25, 0.3) is 11.1 Å². The number of aliphatic hydroxyl groups excluding tert-OH is 1. The van der Waals surface area contributed by atoms with Crippen molar-refractivity contribution in [2.75, 3.05) is 24.2 Å². The molecule has 5 nitrogen and oxygen atoms in total. The van der Waals surface area contributed by atoms with Gasteiger partial charge >= 0.3 is 0 Å². The lowest BCUT2D eigenvalue weighted by atomic mass is 10.1. The highest BCUT2D eigenvalue weighted by molar-refractivity contribution is 7.11. The Morgan fingerprint density at radius 1 is 1.39 bits per heavy atom. The van der Waals surface area contributed by atoms with Crippen molar-refractivity contribution >= 4 is 22.4 Å². The molecule has 0 amide bonds. The molecule has 18 heavy (non-hydrogen) atoms. The number of rotatable bonds is 6. The van der Waals surface area contributed by atoms with Gasteiger partial charge in [0.15, 0.2) is 0 Å². The smallest absolute Gasteiger partial charge is 0.147 e. The molecule has 4 N–H and O–H groups in total. The van der Waals surface area contributed by atoms with Gasteiger partial charge in [0.25, 0.3) is 0 Å². The predicted molar refractivity (Wildman–Crippen MR) is 74.6 cm³/mol. The van der Waals surface area contributed by atoms with Gasteiger partial charge in [-0.25, -0.2) is 0 Å². The molecule has 2 aromatic rings. The van der Waals surface area contributed by atoms with Gasteiger partial charge < -0.3 is 16.2 Å². The Kier molecular flexibility index (Phi) is 4.49. The fraction of sp³-hybridized carbons (Fsp3) is 0.333. The molecule has 0 bridgehead atoms. The summed E-state index contributed by atoms with van der Waals surface area (Å²) in [6, 6.07) is 3.84. The van der Waals surface area contributed by atoms with Gasteiger partial charge in [-0.2, -0.15) is 4.37 Å². The topological polar surface area (TPSA) is 84.1 Å². The van der Waals surface area contributed by atoms with E-state index in [1.54, 1.807) is 12.4 Å². The van der Waals surface area contributed by atoms with Gasteiger partial charge in [0.1, 0.15) is 10.8 Å². The predicted octanol–water partition coefficient (Wildman–Crippen LogP) is 1.97. The van der Waals surface area contributed by atoms with Gasteiger partial charge in [-0.3, -0.25) is 4.98 Å². The Hall–Kier alpha value is -1.66. The van der Waals surface area contributed by atoms with Crippen LogP contribution in [0.4, 0.5) is 10.8 Å². The van der Waals surface area contributed by atoms with Crippen LogP contribution in [0.5, 0.6) is 0 Å². The fourth-order valence-corrected chi connectivity index (χ4v) is 2.41. The molecular weight excluding hydrogens is 248 g/mol. The van der Waals surface area contributed by atoms with E-state index in [1.807, 2.05) is 12.1 Å². The van der Waals surface area contributed by atoms with Gasteiger partial charge in [0, 0.05) is 31.1 Å². The van der Waals surface area contributed by atoms with E-state index in [4.69, 9.17) is 10.8 Å². The van der Waals surface area contributed by atoms with Crippen molar-refractivity contribution in [1.82, 2.24) is 9.36 Å². The van der Waals surface area contributed by atoms with E-state index in [-0.39, 0.29) is 6.61 Å². The minimum Gasteiger partial charge on any atom is -0.396 e. The summed E-state index contributed by atoms with van der Waals surface area (Å²) in [5.74, 6) is 0.526. The highest BCUT2D eigenvalue weighted by Crippen LogP contribution is 2.36. The van der Waals surface area contributed by atoms with Crippen LogP contribution in [0, 0.1) is 0 Å². The second kappa shape index (κ2) is 6.32. The van der Waals surface area contributed by atoms with Gasteiger partial charge in [0.05, 0.1) is 5.56 Å². The van der Waals surface area contributed by atoms with Crippen LogP contribution in [0.15, 0.2) is 24.5 Å². The molecule has 0 saturated carbocycles. The summed E-state index contributed by atoms with van der Waals surface area (Å²) in [5.41, 5.74) is 7.78. The lowest BCUT2D eigenvalue weighted by molar-refractivity contribution is 0.286. The number of nitrogen functional groups attached to an aromatic ring is 1. The second-order valence-electron chi connectivity index (χ2n) is 3.87. The first-order valence-corrected chi connectivity index (χ1v) is 6.60. The molecule has 0 atom stereocenters. The first-order valence-electron chi connectivity index (χ1n) is 5.83. The first kappa shape index (κ1) is 12.8. The summed E-state index contributed by atoms with van der Waals surface area (Å²) in [4.78, 5) is 4.09. The lowest BCUT2D eigenvalue weighted by Gasteiger charge is -2.06. The number of hydrogen-bond donors (Lipinski definition) is 3. The molecule has 0 radical (unpaired) electrons. The number of nitrogens with one attached hydrogen (secondary N) is 1. The van der Waals surface area contributed by atoms with Crippen molar-refractivity contribution in [3.8, 4) is 11.1 Å². The number of nitrogens with zero attached hydrogens (tertiary/aromatic N) is 2. The summed E-state index contributed by atoms with van der Waals surface area (Å²) < 4.78 is 4.17. The third-order valence-electron chi connectivity index (χ3n) is 2.54. The van der Waals surface area contributed by atoms with Crippen molar-refractivity contribution in [3.05, 3.63) is 24.5 Å². The van der Waals surface area contributed by atoms with Crippen LogP contribution in [-0.2, 0) is 0 Å². The quantitative estimate of drug-likeness (QED) is 0.695. The molecule has 6 heteroatoms. The highest BCUT2D eigenvalue weighted by Gasteiger charge is 2.13. The Bertz CT molecular complexity index is 486. The number of nitrogens with two attached hydrogens (primary N) is 1. The number of anilines is 2. The summed E-state index contributed by atoms with van der Waals surface area (Å²) in [7, 11) is 0. The summed E-state index contributed by atoms with van der Waals surface area (Å²) in [6.07, 6.45) is 5.22. The third-order valence-corrected chi connectivity index (χ3v) is 3.36. The largest absolute Gasteiger partial charge is 0.396 e. The molecule has 0 aromatic carbocycles. The molecule has 96 valence electrons. The van der Waals surface area contributed by atoms with Crippen LogP contribution in [-0.4, -0.2) is 27.6 Å². The minimum atomic E-state index is 0.224. The molecule has 0 aliphatic heterocycles. The van der Waals surface area contributed by atoms with Crippen molar-refractivity contribution in [2.45, 2.75) is 12.8 Å². The van der Waals surface area contributed by atoms with E-state index in [0.29, 0.717) is 5.82 Å². The van der Waals surface area contributed by atoms with Crippen LogP contribution < -0.4 is 11.1 Å². The maximum absolute atomic E-state index is 8.73. The van der Waals surface area contributed by atoms with E-state index >= 15 is 0 Å². The number of hydrogen-bond acceptors (Lipinski definition) is 6. The Morgan fingerprint density at radius 2 is 2.28 bits per heavy atom. The first-order chi connectivity index (χ1) is 8.83. The summed E-state index contributed by atoms with van der Waals surface area (Å²) in [5, 5.41) is 13.0. The molecule has 2 aromatic heterocycles. The number of pyridine rings is 1. The third kappa shape index (κ3) is 2.96. The molecule has 0 aliphatic rings. The zero-order chi connectivity index (χ0) is 12.8.